The van der Waals surface area contributed by atoms with E-state index in [0.29, 0.717) is 0 Å². The molecule has 0 saturated heterocycles. The van der Waals surface area contributed by atoms with Gasteiger partial charge in [-0.3, -0.25) is 0 Å². The van der Waals surface area contributed by atoms with Gasteiger partial charge in [0.05, 0.1) is 10.2 Å². The summed E-state index contributed by atoms with van der Waals surface area (Å²) in [5.74, 6) is -0.175. The molecule has 2 aromatic carbocycles. The molecule has 0 amide bonds. The van der Waals surface area contributed by atoms with Gasteiger partial charge in [0.15, 0.2) is 5.13 Å². The Balaban J connectivity index is 1.68. The van der Waals surface area contributed by atoms with Crippen molar-refractivity contribution in [1.29, 1.82) is 0 Å². The highest BCUT2D eigenvalue weighted by Gasteiger charge is 2.05. The van der Waals surface area contributed by atoms with Gasteiger partial charge in [0.2, 0.25) is 0 Å². The van der Waals surface area contributed by atoms with Crippen molar-refractivity contribution in [3.8, 4) is 0 Å². The maximum absolute atomic E-state index is 13.1. The number of nitrogens with one attached hydrogen (secondary N) is 1. The van der Waals surface area contributed by atoms with Gasteiger partial charge in [-0.05, 0) is 55.2 Å². The molecule has 108 valence electrons. The molecule has 0 spiro atoms. The molecule has 3 rings (SSSR count). The van der Waals surface area contributed by atoms with E-state index in [0.717, 1.165) is 29.2 Å². The first-order valence-electron chi connectivity index (χ1n) is 6.98. The van der Waals surface area contributed by atoms with Gasteiger partial charge in [0, 0.05) is 6.54 Å². The summed E-state index contributed by atoms with van der Waals surface area (Å²) in [4.78, 5) is 4.63. The first-order chi connectivity index (χ1) is 10.1. The Morgan fingerprint density at radius 3 is 2.76 bits per heavy atom. The number of hydrogen-bond donors (Lipinski definition) is 1. The fraction of sp³-hybridized carbons (Fsp3) is 0.235. The van der Waals surface area contributed by atoms with Crippen LogP contribution in [0, 0.1) is 19.7 Å². The minimum absolute atomic E-state index is 0.175. The van der Waals surface area contributed by atoms with Crippen LogP contribution in [0.3, 0.4) is 0 Å². The molecule has 2 nitrogen and oxygen atoms in total. The zero-order valence-electron chi connectivity index (χ0n) is 12.1. The van der Waals surface area contributed by atoms with Gasteiger partial charge in [-0.25, -0.2) is 9.37 Å². The first-order valence-corrected chi connectivity index (χ1v) is 7.80. The number of nitrogens with zero attached hydrogens (tertiary/aromatic N) is 1. The summed E-state index contributed by atoms with van der Waals surface area (Å²) in [6, 6.07) is 11.2. The lowest BCUT2D eigenvalue weighted by atomic mass is 10.1. The van der Waals surface area contributed by atoms with Crippen LogP contribution in [-0.4, -0.2) is 11.5 Å². The van der Waals surface area contributed by atoms with Crippen molar-refractivity contribution in [1.82, 2.24) is 4.98 Å². The second-order valence-corrected chi connectivity index (χ2v) is 6.22. The highest BCUT2D eigenvalue weighted by Crippen LogP contribution is 2.27. The second kappa shape index (κ2) is 5.82. The van der Waals surface area contributed by atoms with Gasteiger partial charge in [-0.1, -0.05) is 29.5 Å². The van der Waals surface area contributed by atoms with Crippen LogP contribution in [0.25, 0.3) is 10.2 Å². The molecule has 1 heterocycles. The van der Waals surface area contributed by atoms with E-state index in [1.807, 2.05) is 13.0 Å². The van der Waals surface area contributed by atoms with E-state index in [-0.39, 0.29) is 5.82 Å². The monoisotopic (exact) mass is 300 g/mol. The predicted molar refractivity (Wildman–Crippen MR) is 87.7 cm³/mol. The molecule has 0 aliphatic carbocycles. The summed E-state index contributed by atoms with van der Waals surface area (Å²) < 4.78 is 14.3. The molecular formula is C17H17FN2S. The van der Waals surface area contributed by atoms with Crippen molar-refractivity contribution in [2.45, 2.75) is 20.3 Å². The minimum atomic E-state index is -0.175. The quantitative estimate of drug-likeness (QED) is 0.755. The van der Waals surface area contributed by atoms with Crippen molar-refractivity contribution in [2.24, 2.45) is 0 Å². The van der Waals surface area contributed by atoms with Crippen LogP contribution in [0.5, 0.6) is 0 Å². The highest BCUT2D eigenvalue weighted by atomic mass is 32.1. The number of rotatable bonds is 4. The summed E-state index contributed by atoms with van der Waals surface area (Å²) in [5, 5.41) is 4.31. The topological polar surface area (TPSA) is 24.9 Å². The number of thiazole rings is 1. The van der Waals surface area contributed by atoms with Crippen molar-refractivity contribution < 1.29 is 4.39 Å². The van der Waals surface area contributed by atoms with Gasteiger partial charge in [0.25, 0.3) is 0 Å². The molecule has 0 bridgehead atoms. The molecule has 0 saturated carbocycles. The van der Waals surface area contributed by atoms with Crippen LogP contribution in [0.15, 0.2) is 36.4 Å². The average Bonchev–Trinajstić information content (AvgIpc) is 2.86. The maximum atomic E-state index is 13.1. The normalized spacial score (nSPS) is 11.0. The number of anilines is 1. The lowest BCUT2D eigenvalue weighted by molar-refractivity contribution is 0.625. The summed E-state index contributed by atoms with van der Waals surface area (Å²) in [7, 11) is 0. The summed E-state index contributed by atoms with van der Waals surface area (Å²) in [6.45, 7) is 4.82. The predicted octanol–water partition coefficient (Wildman–Crippen LogP) is 4.71. The molecule has 1 aromatic heterocycles. The second-order valence-electron chi connectivity index (χ2n) is 5.19. The van der Waals surface area contributed by atoms with Crippen molar-refractivity contribution in [3.63, 3.8) is 0 Å². The van der Waals surface area contributed by atoms with E-state index in [9.17, 15) is 4.39 Å². The fourth-order valence-electron chi connectivity index (χ4n) is 2.41. The van der Waals surface area contributed by atoms with E-state index in [1.165, 1.54) is 21.9 Å². The third-order valence-electron chi connectivity index (χ3n) is 3.60. The Hall–Kier alpha value is -1.94. The van der Waals surface area contributed by atoms with E-state index in [2.05, 4.69) is 35.4 Å². The van der Waals surface area contributed by atoms with Crippen LogP contribution in [0.2, 0.25) is 0 Å². The zero-order valence-corrected chi connectivity index (χ0v) is 12.9. The molecule has 0 unspecified atom stereocenters. The lowest BCUT2D eigenvalue weighted by Crippen LogP contribution is -2.05. The molecule has 0 aliphatic rings. The highest BCUT2D eigenvalue weighted by molar-refractivity contribution is 7.22. The molecular weight excluding hydrogens is 283 g/mol. The van der Waals surface area contributed by atoms with Gasteiger partial charge in [-0.15, -0.1) is 0 Å². The maximum Gasteiger partial charge on any atom is 0.183 e. The van der Waals surface area contributed by atoms with E-state index in [1.54, 1.807) is 17.4 Å². The molecule has 3 aromatic rings. The zero-order chi connectivity index (χ0) is 14.8. The SMILES string of the molecule is Cc1cc(F)ccc1CCNc1nc2c(C)cccc2s1. The van der Waals surface area contributed by atoms with Crippen molar-refractivity contribution in [3.05, 3.63) is 58.9 Å². The smallest absolute Gasteiger partial charge is 0.183 e. The molecule has 0 radical (unpaired) electrons. The molecule has 1 N–H and O–H groups in total. The summed E-state index contributed by atoms with van der Waals surface area (Å²) >= 11 is 1.67. The van der Waals surface area contributed by atoms with Gasteiger partial charge >= 0.3 is 0 Å². The van der Waals surface area contributed by atoms with Crippen LogP contribution >= 0.6 is 11.3 Å². The van der Waals surface area contributed by atoms with E-state index in [4.69, 9.17) is 0 Å². The third kappa shape index (κ3) is 3.05. The number of aryl methyl sites for hydroxylation is 2. The van der Waals surface area contributed by atoms with E-state index >= 15 is 0 Å². The van der Waals surface area contributed by atoms with Crippen LogP contribution < -0.4 is 5.32 Å². The Morgan fingerprint density at radius 2 is 2.00 bits per heavy atom. The Kier molecular flexibility index (Phi) is 3.88. The van der Waals surface area contributed by atoms with Crippen LogP contribution in [-0.2, 0) is 6.42 Å². The Bertz CT molecular complexity index is 780. The van der Waals surface area contributed by atoms with Crippen LogP contribution in [0.1, 0.15) is 16.7 Å². The molecule has 0 aliphatic heterocycles. The van der Waals surface area contributed by atoms with E-state index < -0.39 is 0 Å². The molecule has 21 heavy (non-hydrogen) atoms. The average molecular weight is 300 g/mol. The number of benzene rings is 2. The largest absolute Gasteiger partial charge is 0.361 e. The lowest BCUT2D eigenvalue weighted by Gasteiger charge is -2.06. The Morgan fingerprint density at radius 1 is 1.14 bits per heavy atom. The first kappa shape index (κ1) is 14.0. The number of halogens is 1. The summed E-state index contributed by atoms with van der Waals surface area (Å²) in [5.41, 5.74) is 4.44. The Labute approximate surface area is 127 Å². The molecule has 4 heteroatoms. The number of hydrogen-bond acceptors (Lipinski definition) is 3. The molecule has 0 atom stereocenters. The fourth-order valence-corrected chi connectivity index (χ4v) is 3.38. The van der Waals surface area contributed by atoms with Crippen molar-refractivity contribution >= 4 is 26.7 Å². The van der Waals surface area contributed by atoms with Crippen molar-refractivity contribution in [2.75, 3.05) is 11.9 Å². The number of aromatic nitrogens is 1. The molecule has 0 fully saturated rings. The van der Waals surface area contributed by atoms with Gasteiger partial charge in [0.1, 0.15) is 5.82 Å². The minimum Gasteiger partial charge on any atom is -0.361 e. The van der Waals surface area contributed by atoms with Crippen LogP contribution in [0.4, 0.5) is 9.52 Å². The summed E-state index contributed by atoms with van der Waals surface area (Å²) in [6.07, 6.45) is 0.862. The van der Waals surface area contributed by atoms with Gasteiger partial charge in [-0.2, -0.15) is 0 Å². The van der Waals surface area contributed by atoms with Gasteiger partial charge < -0.3 is 5.32 Å². The number of fused-ring (bicyclic) bond motifs is 1. The number of para-hydroxylation sites is 1. The third-order valence-corrected chi connectivity index (χ3v) is 4.57. The standard InChI is InChI=1S/C17H17FN2S/c1-11-4-3-5-15-16(11)20-17(21-15)19-9-8-13-6-7-14(18)10-12(13)2/h3-7,10H,8-9H2,1-2H3,(H,19,20).